The van der Waals surface area contributed by atoms with Crippen molar-refractivity contribution in [1.29, 1.82) is 0 Å². The lowest BCUT2D eigenvalue weighted by Crippen LogP contribution is -2.28. The third kappa shape index (κ3) is 3.38. The fourth-order valence-corrected chi connectivity index (χ4v) is 3.85. The van der Waals surface area contributed by atoms with Crippen molar-refractivity contribution in [2.75, 3.05) is 20.2 Å². The van der Waals surface area contributed by atoms with Gasteiger partial charge in [0.1, 0.15) is 11.1 Å². The fourth-order valence-electron chi connectivity index (χ4n) is 3.01. The second kappa shape index (κ2) is 6.87. The fraction of sp³-hybridized carbons (Fsp3) is 0.471. The molecule has 0 amide bonds. The molecule has 3 atom stereocenters. The molecule has 0 aliphatic carbocycles. The second-order valence-electron chi connectivity index (χ2n) is 5.93. The number of hydrogen-bond donors (Lipinski definition) is 1. The lowest BCUT2D eigenvalue weighted by atomic mass is 9.95. The average molecular weight is 317 g/mol. The Kier molecular flexibility index (Phi) is 4.88. The van der Waals surface area contributed by atoms with Crippen LogP contribution in [-0.4, -0.2) is 36.1 Å². The zero-order valence-electron chi connectivity index (χ0n) is 13.1. The van der Waals surface area contributed by atoms with Crippen LogP contribution in [0.1, 0.15) is 35.2 Å². The Labute approximate surface area is 135 Å². The van der Waals surface area contributed by atoms with E-state index in [1.54, 1.807) is 18.4 Å². The molecule has 2 N–H and O–H groups in total. The number of benzene rings is 1. The van der Waals surface area contributed by atoms with Crippen molar-refractivity contribution in [3.63, 3.8) is 0 Å². The first-order chi connectivity index (χ1) is 10.7. The largest absolute Gasteiger partial charge is 0.375 e. The molecule has 0 radical (unpaired) electrons. The SMILES string of the molecule is COC(C)c1nc(CN2C[C@@H](N)[C@H](c3ccccc3)C2)cs1. The van der Waals surface area contributed by atoms with Gasteiger partial charge in [0.2, 0.25) is 0 Å². The standard InChI is InChI=1S/C17H23N3OS/c1-12(21-2)17-19-14(11-22-17)8-20-9-15(16(18)10-20)13-6-4-3-5-7-13/h3-7,11-12,15-16H,8-10,18H2,1-2H3/t12?,15-,16+/m0/s1. The predicted octanol–water partition coefficient (Wildman–Crippen LogP) is 2.78. The maximum absolute atomic E-state index is 6.35. The van der Waals surface area contributed by atoms with Crippen molar-refractivity contribution in [1.82, 2.24) is 9.88 Å². The van der Waals surface area contributed by atoms with Crippen LogP contribution in [0.4, 0.5) is 0 Å². The number of hydrogen-bond acceptors (Lipinski definition) is 5. The topological polar surface area (TPSA) is 51.4 Å². The van der Waals surface area contributed by atoms with E-state index < -0.39 is 0 Å². The molecule has 1 unspecified atom stereocenters. The Morgan fingerprint density at radius 1 is 1.36 bits per heavy atom. The Balaban J connectivity index is 1.64. The molecule has 1 saturated heterocycles. The van der Waals surface area contributed by atoms with Crippen molar-refractivity contribution in [2.24, 2.45) is 5.73 Å². The van der Waals surface area contributed by atoms with Crippen LogP contribution in [0.5, 0.6) is 0 Å². The van der Waals surface area contributed by atoms with Crippen LogP contribution >= 0.6 is 11.3 Å². The van der Waals surface area contributed by atoms with Gasteiger partial charge in [-0.1, -0.05) is 30.3 Å². The van der Waals surface area contributed by atoms with Crippen LogP contribution in [0, 0.1) is 0 Å². The summed E-state index contributed by atoms with van der Waals surface area (Å²) in [7, 11) is 1.72. The van der Waals surface area contributed by atoms with Crippen LogP contribution in [0.15, 0.2) is 35.7 Å². The molecule has 3 rings (SSSR count). The maximum Gasteiger partial charge on any atom is 0.122 e. The molecule has 5 heteroatoms. The molecule has 1 aliphatic rings. The molecule has 4 nitrogen and oxygen atoms in total. The molecule has 118 valence electrons. The number of rotatable bonds is 5. The van der Waals surface area contributed by atoms with E-state index in [0.717, 1.165) is 30.3 Å². The summed E-state index contributed by atoms with van der Waals surface area (Å²) in [5.74, 6) is 0.414. The van der Waals surface area contributed by atoms with E-state index in [-0.39, 0.29) is 12.1 Å². The third-order valence-corrected chi connectivity index (χ3v) is 5.38. The summed E-state index contributed by atoms with van der Waals surface area (Å²) in [5.41, 5.74) is 8.80. The molecule has 2 aromatic rings. The van der Waals surface area contributed by atoms with Crippen LogP contribution in [0.2, 0.25) is 0 Å². The van der Waals surface area contributed by atoms with Gasteiger partial charge in [-0.15, -0.1) is 11.3 Å². The molecule has 1 aromatic carbocycles. The Hall–Kier alpha value is -1.27. The van der Waals surface area contributed by atoms with Crippen LogP contribution in [-0.2, 0) is 11.3 Å². The molecule has 22 heavy (non-hydrogen) atoms. The van der Waals surface area contributed by atoms with Gasteiger partial charge in [0.05, 0.1) is 5.69 Å². The number of thiazole rings is 1. The Bertz CT molecular complexity index is 601. The lowest BCUT2D eigenvalue weighted by Gasteiger charge is -2.15. The van der Waals surface area contributed by atoms with E-state index >= 15 is 0 Å². The normalized spacial score (nSPS) is 23.8. The molecule has 0 spiro atoms. The summed E-state index contributed by atoms with van der Waals surface area (Å²) >= 11 is 1.67. The second-order valence-corrected chi connectivity index (χ2v) is 6.82. The summed E-state index contributed by atoms with van der Waals surface area (Å²) in [6, 6.07) is 10.8. The molecule has 1 fully saturated rings. The number of likely N-dealkylation sites (tertiary alicyclic amines) is 1. The van der Waals surface area contributed by atoms with Crippen LogP contribution < -0.4 is 5.73 Å². The summed E-state index contributed by atoms with van der Waals surface area (Å²) in [5, 5.41) is 3.17. The van der Waals surface area contributed by atoms with Gasteiger partial charge in [0.25, 0.3) is 0 Å². The first kappa shape index (κ1) is 15.6. The first-order valence-corrected chi connectivity index (χ1v) is 8.55. The highest BCUT2D eigenvalue weighted by Crippen LogP contribution is 2.28. The van der Waals surface area contributed by atoms with Crippen molar-refractivity contribution >= 4 is 11.3 Å². The third-order valence-electron chi connectivity index (χ3n) is 4.32. The van der Waals surface area contributed by atoms with E-state index in [9.17, 15) is 0 Å². The molecule has 2 heterocycles. The minimum atomic E-state index is 0.0663. The van der Waals surface area contributed by atoms with Gasteiger partial charge < -0.3 is 10.5 Å². The molecule has 0 saturated carbocycles. The highest BCUT2D eigenvalue weighted by molar-refractivity contribution is 7.09. The summed E-state index contributed by atoms with van der Waals surface area (Å²) in [6.07, 6.45) is 0.0663. The van der Waals surface area contributed by atoms with Gasteiger partial charge in [-0.3, -0.25) is 4.90 Å². The van der Waals surface area contributed by atoms with Gasteiger partial charge in [-0.2, -0.15) is 0 Å². The van der Waals surface area contributed by atoms with Gasteiger partial charge in [0, 0.05) is 44.1 Å². The van der Waals surface area contributed by atoms with Crippen molar-refractivity contribution < 1.29 is 4.74 Å². The highest BCUT2D eigenvalue weighted by Gasteiger charge is 2.31. The van der Waals surface area contributed by atoms with Crippen molar-refractivity contribution in [2.45, 2.75) is 31.5 Å². The van der Waals surface area contributed by atoms with Crippen molar-refractivity contribution in [3.05, 3.63) is 52.0 Å². The summed E-state index contributed by atoms with van der Waals surface area (Å²) < 4.78 is 5.33. The first-order valence-electron chi connectivity index (χ1n) is 7.67. The number of nitrogens with two attached hydrogens (primary N) is 1. The van der Waals surface area contributed by atoms with E-state index in [0.29, 0.717) is 5.92 Å². The summed E-state index contributed by atoms with van der Waals surface area (Å²) in [6.45, 7) is 4.81. The lowest BCUT2D eigenvalue weighted by molar-refractivity contribution is 0.119. The van der Waals surface area contributed by atoms with Gasteiger partial charge in [-0.25, -0.2) is 4.98 Å². The van der Waals surface area contributed by atoms with Gasteiger partial charge >= 0.3 is 0 Å². The molecule has 1 aliphatic heterocycles. The average Bonchev–Trinajstić information content (AvgIpc) is 3.14. The minimum Gasteiger partial charge on any atom is -0.375 e. The van der Waals surface area contributed by atoms with E-state index in [4.69, 9.17) is 10.5 Å². The monoisotopic (exact) mass is 317 g/mol. The summed E-state index contributed by atoms with van der Waals surface area (Å²) in [4.78, 5) is 7.08. The van der Waals surface area contributed by atoms with E-state index in [2.05, 4.69) is 45.6 Å². The smallest absolute Gasteiger partial charge is 0.122 e. The molecular weight excluding hydrogens is 294 g/mol. The number of ether oxygens (including phenoxy) is 1. The number of nitrogens with zero attached hydrogens (tertiary/aromatic N) is 2. The molecule has 0 bridgehead atoms. The van der Waals surface area contributed by atoms with Gasteiger partial charge in [0.15, 0.2) is 0 Å². The Morgan fingerprint density at radius 2 is 2.14 bits per heavy atom. The van der Waals surface area contributed by atoms with Crippen LogP contribution in [0.3, 0.4) is 0 Å². The highest BCUT2D eigenvalue weighted by atomic mass is 32.1. The van der Waals surface area contributed by atoms with Crippen LogP contribution in [0.25, 0.3) is 0 Å². The number of aromatic nitrogens is 1. The zero-order chi connectivity index (χ0) is 15.5. The number of methoxy groups -OCH3 is 1. The van der Waals surface area contributed by atoms with E-state index in [1.807, 2.05) is 6.92 Å². The van der Waals surface area contributed by atoms with E-state index in [1.165, 1.54) is 5.56 Å². The van der Waals surface area contributed by atoms with Crippen molar-refractivity contribution in [3.8, 4) is 0 Å². The zero-order valence-corrected chi connectivity index (χ0v) is 13.9. The molecular formula is C17H23N3OS. The Morgan fingerprint density at radius 3 is 2.86 bits per heavy atom. The maximum atomic E-state index is 6.35. The quantitative estimate of drug-likeness (QED) is 0.921. The van der Waals surface area contributed by atoms with Gasteiger partial charge in [-0.05, 0) is 12.5 Å². The molecule has 1 aromatic heterocycles. The predicted molar refractivity (Wildman–Crippen MR) is 90.0 cm³/mol. The minimum absolute atomic E-state index is 0.0663.